The van der Waals surface area contributed by atoms with Gasteiger partial charge in [-0.1, -0.05) is 17.7 Å². The molecule has 0 radical (unpaired) electrons. The summed E-state index contributed by atoms with van der Waals surface area (Å²) in [4.78, 5) is 11.1. The van der Waals surface area contributed by atoms with Gasteiger partial charge in [-0.05, 0) is 25.5 Å². The fourth-order valence-electron chi connectivity index (χ4n) is 1.49. The topological polar surface area (TPSA) is 101 Å². The summed E-state index contributed by atoms with van der Waals surface area (Å²) in [6, 6.07) is 4.80. The van der Waals surface area contributed by atoms with Crippen molar-refractivity contribution in [2.24, 2.45) is 0 Å². The number of carbonyl (C=O) groups is 1. The third-order valence-electron chi connectivity index (χ3n) is 2.62. The van der Waals surface area contributed by atoms with E-state index >= 15 is 0 Å². The molecule has 112 valence electrons. The van der Waals surface area contributed by atoms with Crippen molar-refractivity contribution in [3.05, 3.63) is 29.8 Å². The maximum atomic E-state index is 12.1. The Balaban J connectivity index is 2.88. The Labute approximate surface area is 120 Å². The molecule has 0 aliphatic rings. The van der Waals surface area contributed by atoms with Crippen LogP contribution in [-0.4, -0.2) is 41.8 Å². The van der Waals surface area contributed by atoms with E-state index in [1.165, 1.54) is 18.4 Å². The number of carboxylic acid groups (broad SMARTS) is 1. The largest absolute Gasteiger partial charge is 0.480 e. The van der Waals surface area contributed by atoms with Crippen molar-refractivity contribution >= 4 is 26.8 Å². The Morgan fingerprint density at radius 2 is 1.90 bits per heavy atom. The van der Waals surface area contributed by atoms with Crippen LogP contribution in [0.25, 0.3) is 0 Å². The van der Waals surface area contributed by atoms with Gasteiger partial charge in [-0.15, -0.1) is 0 Å². The van der Waals surface area contributed by atoms with E-state index in [0.717, 1.165) is 5.56 Å². The van der Waals surface area contributed by atoms with Crippen molar-refractivity contribution in [2.45, 2.75) is 24.3 Å². The lowest BCUT2D eigenvalue weighted by Gasteiger charge is -2.14. The van der Waals surface area contributed by atoms with Crippen molar-refractivity contribution in [3.8, 4) is 0 Å². The second-order valence-corrected chi connectivity index (χ2v) is 7.66. The van der Waals surface area contributed by atoms with Gasteiger partial charge in [-0.2, -0.15) is 4.72 Å². The molecule has 2 N–H and O–H groups in total. The Hall–Kier alpha value is -1.25. The van der Waals surface area contributed by atoms with Crippen molar-refractivity contribution in [3.63, 3.8) is 0 Å². The summed E-state index contributed by atoms with van der Waals surface area (Å²) in [5.74, 6) is -1.17. The van der Waals surface area contributed by atoms with E-state index in [1.54, 1.807) is 12.1 Å². The van der Waals surface area contributed by atoms with E-state index in [-0.39, 0.29) is 17.1 Å². The van der Waals surface area contributed by atoms with E-state index in [0.29, 0.717) is 0 Å². The van der Waals surface area contributed by atoms with Crippen LogP contribution in [0.15, 0.2) is 29.2 Å². The maximum Gasteiger partial charge on any atom is 0.321 e. The van der Waals surface area contributed by atoms with Gasteiger partial charge in [0.1, 0.15) is 6.04 Å². The van der Waals surface area contributed by atoms with Gasteiger partial charge in [0, 0.05) is 22.8 Å². The number of aryl methyl sites for hydroxylation is 1. The third-order valence-corrected chi connectivity index (χ3v) is 4.92. The molecular formula is C12H17NO5S2. The summed E-state index contributed by atoms with van der Waals surface area (Å²) < 4.78 is 37.2. The highest BCUT2D eigenvalue weighted by Crippen LogP contribution is 2.11. The number of benzene rings is 1. The summed E-state index contributed by atoms with van der Waals surface area (Å²) in [6.45, 7) is 1.82. The van der Waals surface area contributed by atoms with Crippen molar-refractivity contribution in [1.82, 2.24) is 4.72 Å². The number of sulfonamides is 1. The summed E-state index contributed by atoms with van der Waals surface area (Å²) in [7, 11) is -5.08. The molecule has 0 aliphatic carbocycles. The smallest absolute Gasteiger partial charge is 0.321 e. The molecule has 20 heavy (non-hydrogen) atoms. The van der Waals surface area contributed by atoms with Crippen LogP contribution in [0.2, 0.25) is 0 Å². The van der Waals surface area contributed by atoms with Gasteiger partial charge in [-0.25, -0.2) is 8.42 Å². The fourth-order valence-corrected chi connectivity index (χ4v) is 3.28. The molecule has 0 bridgehead atoms. The standard InChI is InChI=1S/C12H17NO5S2/c1-9-3-5-10(6-4-9)20(17,18)13-11(12(14)15)7-8-19(2)16/h3-6,11,13H,7-8H2,1-2H3,(H,14,15). The number of rotatable bonds is 7. The molecule has 0 spiro atoms. The van der Waals surface area contributed by atoms with Crippen molar-refractivity contribution in [2.75, 3.05) is 12.0 Å². The minimum Gasteiger partial charge on any atom is -0.480 e. The summed E-state index contributed by atoms with van der Waals surface area (Å²) >= 11 is 0. The van der Waals surface area contributed by atoms with Crippen molar-refractivity contribution in [1.29, 1.82) is 0 Å². The van der Waals surface area contributed by atoms with Gasteiger partial charge < -0.3 is 5.11 Å². The highest BCUT2D eigenvalue weighted by molar-refractivity contribution is 7.89. The van der Waals surface area contributed by atoms with Gasteiger partial charge in [0.05, 0.1) is 4.90 Å². The van der Waals surface area contributed by atoms with E-state index in [4.69, 9.17) is 5.11 Å². The molecule has 0 aliphatic heterocycles. The molecule has 0 fully saturated rings. The Bertz CT molecular complexity index is 595. The number of hydrogen-bond donors (Lipinski definition) is 2. The first kappa shape index (κ1) is 16.8. The fraction of sp³-hybridized carbons (Fsp3) is 0.417. The number of carboxylic acids is 1. The molecule has 8 heteroatoms. The SMILES string of the molecule is Cc1ccc(S(=O)(=O)NC(CCS(C)=O)C(=O)O)cc1. The maximum absolute atomic E-state index is 12.1. The van der Waals surface area contributed by atoms with Gasteiger partial charge in [0.15, 0.2) is 0 Å². The lowest BCUT2D eigenvalue weighted by molar-refractivity contribution is -0.139. The lowest BCUT2D eigenvalue weighted by atomic mass is 10.2. The predicted molar refractivity (Wildman–Crippen MR) is 76.5 cm³/mol. The predicted octanol–water partition coefficient (Wildman–Crippen LogP) is 0.495. The van der Waals surface area contributed by atoms with Gasteiger partial charge in [0.2, 0.25) is 10.0 Å². The van der Waals surface area contributed by atoms with Crippen LogP contribution in [0.5, 0.6) is 0 Å². The van der Waals surface area contributed by atoms with Crippen LogP contribution in [-0.2, 0) is 25.6 Å². The van der Waals surface area contributed by atoms with Gasteiger partial charge in [0.25, 0.3) is 0 Å². The van der Waals surface area contributed by atoms with Crippen molar-refractivity contribution < 1.29 is 22.5 Å². The molecule has 1 aromatic rings. The Morgan fingerprint density at radius 3 is 2.35 bits per heavy atom. The Kier molecular flexibility index (Phi) is 5.85. The molecule has 0 amide bonds. The molecule has 1 aromatic carbocycles. The van der Waals surface area contributed by atoms with Crippen LogP contribution < -0.4 is 4.72 Å². The quantitative estimate of drug-likeness (QED) is 0.762. The molecule has 0 heterocycles. The van der Waals surface area contributed by atoms with Crippen LogP contribution in [0.1, 0.15) is 12.0 Å². The number of aliphatic carboxylic acids is 1. The Morgan fingerprint density at radius 1 is 1.35 bits per heavy atom. The molecule has 2 unspecified atom stereocenters. The molecule has 6 nitrogen and oxygen atoms in total. The lowest BCUT2D eigenvalue weighted by Crippen LogP contribution is -2.41. The first-order valence-corrected chi connectivity index (χ1v) is 9.05. The molecule has 2 atom stereocenters. The van der Waals surface area contributed by atoms with Crippen LogP contribution in [0, 0.1) is 6.92 Å². The summed E-state index contributed by atoms with van der Waals surface area (Å²) in [5, 5.41) is 9.01. The molecule has 1 rings (SSSR count). The zero-order valence-corrected chi connectivity index (χ0v) is 12.8. The second-order valence-electron chi connectivity index (χ2n) is 4.39. The van der Waals surface area contributed by atoms with E-state index in [9.17, 15) is 17.4 Å². The average molecular weight is 319 g/mol. The first-order valence-electron chi connectivity index (χ1n) is 5.84. The van der Waals surface area contributed by atoms with E-state index < -0.39 is 32.8 Å². The molecular weight excluding hydrogens is 302 g/mol. The second kappa shape index (κ2) is 6.96. The number of nitrogens with one attached hydrogen (secondary N) is 1. The minimum atomic E-state index is -3.90. The monoisotopic (exact) mass is 319 g/mol. The first-order chi connectivity index (χ1) is 9.22. The normalized spacial score (nSPS) is 14.7. The highest BCUT2D eigenvalue weighted by atomic mass is 32.2. The third kappa shape index (κ3) is 5.03. The van der Waals surface area contributed by atoms with Crippen LogP contribution in [0.3, 0.4) is 0 Å². The zero-order chi connectivity index (χ0) is 15.3. The minimum absolute atomic E-state index is 0.00645. The molecule has 0 saturated heterocycles. The van der Waals surface area contributed by atoms with Crippen LogP contribution in [0.4, 0.5) is 0 Å². The zero-order valence-electron chi connectivity index (χ0n) is 11.2. The average Bonchev–Trinajstić information content (AvgIpc) is 2.34. The summed E-state index contributed by atoms with van der Waals surface area (Å²) in [5.41, 5.74) is 0.903. The molecule has 0 saturated carbocycles. The van der Waals surface area contributed by atoms with E-state index in [1.807, 2.05) is 6.92 Å². The summed E-state index contributed by atoms with van der Waals surface area (Å²) in [6.07, 6.45) is 1.41. The van der Waals surface area contributed by atoms with E-state index in [2.05, 4.69) is 4.72 Å². The van der Waals surface area contributed by atoms with Crippen LogP contribution >= 0.6 is 0 Å². The van der Waals surface area contributed by atoms with Gasteiger partial charge in [-0.3, -0.25) is 9.00 Å². The van der Waals surface area contributed by atoms with Gasteiger partial charge >= 0.3 is 5.97 Å². The number of hydrogen-bond acceptors (Lipinski definition) is 4. The molecule has 0 aromatic heterocycles. The highest BCUT2D eigenvalue weighted by Gasteiger charge is 2.25.